The molecule has 2 aliphatic rings. The van der Waals surface area contributed by atoms with Crippen LogP contribution in [0.5, 0.6) is 0 Å². The van der Waals surface area contributed by atoms with Crippen LogP contribution in [0.4, 0.5) is 0 Å². The Morgan fingerprint density at radius 1 is 0.923 bits per heavy atom. The number of aliphatic hydroxyl groups excluding tert-OH is 1. The van der Waals surface area contributed by atoms with Crippen LogP contribution in [0.1, 0.15) is 25.7 Å². The van der Waals surface area contributed by atoms with Gasteiger partial charge in [0.05, 0.1) is 0 Å². The summed E-state index contributed by atoms with van der Waals surface area (Å²) in [6.45, 7) is 0.412. The van der Waals surface area contributed by atoms with Gasteiger partial charge in [-0.05, 0) is 43.4 Å². The van der Waals surface area contributed by atoms with Crippen LogP contribution in [0, 0.1) is 17.8 Å². The van der Waals surface area contributed by atoms with Crippen molar-refractivity contribution in [3.05, 3.63) is 0 Å². The third-order valence-corrected chi connectivity index (χ3v) is 6.57. The van der Waals surface area contributed by atoms with Crippen LogP contribution < -0.4 is 0 Å². The van der Waals surface area contributed by atoms with Gasteiger partial charge in [0, 0.05) is 16.3 Å². The fourth-order valence-corrected chi connectivity index (χ4v) is 3.77. The molecule has 0 aliphatic heterocycles. The quantitative estimate of drug-likeness (QED) is 0.738. The standard InChI is InChI=1S/C10H16Br2O/c11-9-3-1-6-7(8(6)5-13)2-4-10(9)12/h6-10,13H,1-5H2/t6-,7+,8-,9?,10?. The summed E-state index contributed by atoms with van der Waals surface area (Å²) in [4.78, 5) is 1.27. The van der Waals surface area contributed by atoms with Gasteiger partial charge in [0.15, 0.2) is 0 Å². The van der Waals surface area contributed by atoms with Gasteiger partial charge in [-0.25, -0.2) is 0 Å². The number of rotatable bonds is 1. The smallest absolute Gasteiger partial charge is 0.0464 e. The largest absolute Gasteiger partial charge is 0.396 e. The fourth-order valence-electron chi connectivity index (χ4n) is 2.72. The molecule has 0 amide bonds. The average molecular weight is 312 g/mol. The first kappa shape index (κ1) is 10.4. The molecule has 2 aliphatic carbocycles. The molecule has 2 saturated carbocycles. The van der Waals surface area contributed by atoms with E-state index in [9.17, 15) is 0 Å². The van der Waals surface area contributed by atoms with Gasteiger partial charge in [-0.15, -0.1) is 0 Å². The van der Waals surface area contributed by atoms with Gasteiger partial charge in [-0.2, -0.15) is 0 Å². The topological polar surface area (TPSA) is 20.2 Å². The van der Waals surface area contributed by atoms with E-state index in [1.165, 1.54) is 25.7 Å². The zero-order chi connectivity index (χ0) is 9.42. The molecule has 0 heterocycles. The van der Waals surface area contributed by atoms with Gasteiger partial charge in [0.25, 0.3) is 0 Å². The van der Waals surface area contributed by atoms with E-state index >= 15 is 0 Å². The predicted octanol–water partition coefficient (Wildman–Crippen LogP) is 2.94. The van der Waals surface area contributed by atoms with Crippen molar-refractivity contribution in [3.63, 3.8) is 0 Å². The van der Waals surface area contributed by atoms with Crippen molar-refractivity contribution in [1.82, 2.24) is 0 Å². The molecule has 0 saturated heterocycles. The van der Waals surface area contributed by atoms with Crippen LogP contribution >= 0.6 is 31.9 Å². The van der Waals surface area contributed by atoms with E-state index in [4.69, 9.17) is 5.11 Å². The molecule has 2 unspecified atom stereocenters. The van der Waals surface area contributed by atoms with Gasteiger partial charge in [-0.3, -0.25) is 0 Å². The van der Waals surface area contributed by atoms with E-state index in [0.717, 1.165) is 11.8 Å². The van der Waals surface area contributed by atoms with Crippen molar-refractivity contribution in [2.45, 2.75) is 35.3 Å². The zero-order valence-electron chi connectivity index (χ0n) is 7.63. The maximum absolute atomic E-state index is 9.13. The minimum atomic E-state index is 0.412. The lowest BCUT2D eigenvalue weighted by molar-refractivity contribution is 0.262. The van der Waals surface area contributed by atoms with Crippen LogP contribution in [0.15, 0.2) is 0 Å². The number of hydrogen-bond donors (Lipinski definition) is 1. The molecule has 0 bridgehead atoms. The highest BCUT2D eigenvalue weighted by molar-refractivity contribution is 9.12. The summed E-state index contributed by atoms with van der Waals surface area (Å²) >= 11 is 7.43. The minimum absolute atomic E-state index is 0.412. The van der Waals surface area contributed by atoms with E-state index in [2.05, 4.69) is 31.9 Å². The van der Waals surface area contributed by atoms with E-state index in [1.807, 2.05) is 0 Å². The summed E-state index contributed by atoms with van der Waals surface area (Å²) < 4.78 is 0. The molecule has 1 N–H and O–H groups in total. The van der Waals surface area contributed by atoms with Crippen LogP contribution in [0.3, 0.4) is 0 Å². The highest BCUT2D eigenvalue weighted by Gasteiger charge is 2.49. The van der Waals surface area contributed by atoms with Gasteiger partial charge in [0.2, 0.25) is 0 Å². The first-order valence-electron chi connectivity index (χ1n) is 5.13. The first-order valence-corrected chi connectivity index (χ1v) is 6.96. The lowest BCUT2D eigenvalue weighted by atomic mass is 10.0. The molecule has 0 aromatic carbocycles. The Kier molecular flexibility index (Phi) is 3.37. The molecule has 2 fully saturated rings. The molecule has 2 rings (SSSR count). The summed E-state index contributed by atoms with van der Waals surface area (Å²) in [7, 11) is 0. The number of hydrogen-bond acceptors (Lipinski definition) is 1. The second-order valence-electron chi connectivity index (χ2n) is 4.36. The van der Waals surface area contributed by atoms with Crippen LogP contribution in [0.25, 0.3) is 0 Å². The summed E-state index contributed by atoms with van der Waals surface area (Å²) in [6.07, 6.45) is 5.11. The Labute approximate surface area is 96.5 Å². The second kappa shape index (κ2) is 4.19. The van der Waals surface area contributed by atoms with Crippen molar-refractivity contribution in [3.8, 4) is 0 Å². The Morgan fingerprint density at radius 2 is 1.38 bits per heavy atom. The minimum Gasteiger partial charge on any atom is -0.396 e. The van der Waals surface area contributed by atoms with Gasteiger partial charge >= 0.3 is 0 Å². The van der Waals surface area contributed by atoms with E-state index in [1.54, 1.807) is 0 Å². The van der Waals surface area contributed by atoms with E-state index < -0.39 is 0 Å². The van der Waals surface area contributed by atoms with Crippen LogP contribution in [-0.2, 0) is 0 Å². The Morgan fingerprint density at radius 3 is 1.77 bits per heavy atom. The van der Waals surface area contributed by atoms with Crippen molar-refractivity contribution < 1.29 is 5.11 Å². The Bertz CT molecular complexity index is 168. The van der Waals surface area contributed by atoms with Crippen LogP contribution in [-0.4, -0.2) is 21.4 Å². The second-order valence-corrected chi connectivity index (χ2v) is 6.71. The van der Waals surface area contributed by atoms with Crippen LogP contribution in [0.2, 0.25) is 0 Å². The lowest BCUT2D eigenvalue weighted by Crippen LogP contribution is -2.16. The molecule has 0 radical (unpaired) electrons. The molecule has 0 aromatic rings. The maximum atomic E-state index is 9.13. The molecule has 5 atom stereocenters. The molecule has 0 spiro atoms. The molecule has 76 valence electrons. The highest BCUT2D eigenvalue weighted by Crippen LogP contribution is 2.54. The maximum Gasteiger partial charge on any atom is 0.0464 e. The first-order chi connectivity index (χ1) is 6.24. The molecular weight excluding hydrogens is 296 g/mol. The predicted molar refractivity (Wildman–Crippen MR) is 61.5 cm³/mol. The molecule has 13 heavy (non-hydrogen) atoms. The lowest BCUT2D eigenvalue weighted by Gasteiger charge is -2.18. The van der Waals surface area contributed by atoms with Crippen molar-refractivity contribution in [2.24, 2.45) is 17.8 Å². The summed E-state index contributed by atoms with van der Waals surface area (Å²) in [5.74, 6) is 2.31. The highest BCUT2D eigenvalue weighted by atomic mass is 79.9. The van der Waals surface area contributed by atoms with Crippen molar-refractivity contribution >= 4 is 31.9 Å². The normalized spacial score (nSPS) is 50.5. The third kappa shape index (κ3) is 2.13. The summed E-state index contributed by atoms with van der Waals surface area (Å²) in [6, 6.07) is 0. The zero-order valence-corrected chi connectivity index (χ0v) is 10.8. The SMILES string of the molecule is OC[C@H]1[C@H]2CCC(Br)C(Br)CC[C@@H]12. The summed E-state index contributed by atoms with van der Waals surface area (Å²) in [5, 5.41) is 9.13. The Hall–Kier alpha value is 0.920. The van der Waals surface area contributed by atoms with Gasteiger partial charge in [0.1, 0.15) is 0 Å². The molecule has 0 aromatic heterocycles. The molecular formula is C10H16Br2O. The number of fused-ring (bicyclic) bond motifs is 1. The van der Waals surface area contributed by atoms with Gasteiger partial charge < -0.3 is 5.11 Å². The monoisotopic (exact) mass is 310 g/mol. The van der Waals surface area contributed by atoms with Crippen molar-refractivity contribution in [2.75, 3.05) is 6.61 Å². The Balaban J connectivity index is 1.90. The van der Waals surface area contributed by atoms with E-state index in [-0.39, 0.29) is 0 Å². The van der Waals surface area contributed by atoms with E-state index in [0.29, 0.717) is 22.2 Å². The molecule has 3 heteroatoms. The number of halogens is 2. The third-order valence-electron chi connectivity index (χ3n) is 3.66. The number of aliphatic hydroxyl groups is 1. The average Bonchev–Trinajstić information content (AvgIpc) is 2.80. The fraction of sp³-hybridized carbons (Fsp3) is 1.00. The molecule has 1 nitrogen and oxygen atoms in total. The van der Waals surface area contributed by atoms with Gasteiger partial charge in [-0.1, -0.05) is 31.9 Å². The van der Waals surface area contributed by atoms with Crippen molar-refractivity contribution in [1.29, 1.82) is 0 Å². The summed E-state index contributed by atoms with van der Waals surface area (Å²) in [5.41, 5.74) is 0. The number of alkyl halides is 2.